The summed E-state index contributed by atoms with van der Waals surface area (Å²) in [6.07, 6.45) is 0. The number of rotatable bonds is 2. The molecule has 82 valence electrons. The van der Waals surface area contributed by atoms with E-state index in [1.54, 1.807) is 6.07 Å². The van der Waals surface area contributed by atoms with Crippen molar-refractivity contribution in [2.24, 2.45) is 0 Å². The molecule has 0 atom stereocenters. The highest BCUT2D eigenvalue weighted by Crippen LogP contribution is 2.38. The van der Waals surface area contributed by atoms with Crippen LogP contribution in [0.3, 0.4) is 0 Å². The van der Waals surface area contributed by atoms with Crippen LogP contribution in [0.4, 0.5) is 10.1 Å². The van der Waals surface area contributed by atoms with E-state index in [4.69, 9.17) is 0 Å². The fraction of sp³-hybridized carbons (Fsp3) is 0.400. The minimum absolute atomic E-state index is 0.182. The summed E-state index contributed by atoms with van der Waals surface area (Å²) < 4.78 is 13.0. The summed E-state index contributed by atoms with van der Waals surface area (Å²) in [4.78, 5) is 10.4. The molecule has 1 rings (SSSR count). The molecule has 0 aliphatic carbocycles. The Balaban J connectivity index is 3.18. The Morgan fingerprint density at radius 2 is 2.00 bits per heavy atom. The molecular weight excluding hydrogens is 217 g/mol. The number of nitro benzene ring substituents is 1. The minimum Gasteiger partial charge on any atom is -0.258 e. The summed E-state index contributed by atoms with van der Waals surface area (Å²) in [6.45, 7) is 5.77. The van der Waals surface area contributed by atoms with Crippen molar-refractivity contribution in [3.63, 3.8) is 0 Å². The Hall–Kier alpha value is -1.10. The van der Waals surface area contributed by atoms with E-state index in [0.29, 0.717) is 4.90 Å². The number of nitrogens with zero attached hydrogens (tertiary/aromatic N) is 1. The van der Waals surface area contributed by atoms with Gasteiger partial charge < -0.3 is 0 Å². The second-order valence-corrected chi connectivity index (χ2v) is 5.93. The predicted octanol–water partition coefficient (Wildman–Crippen LogP) is 3.62. The van der Waals surface area contributed by atoms with Gasteiger partial charge in [0.15, 0.2) is 0 Å². The van der Waals surface area contributed by atoms with E-state index in [2.05, 4.69) is 0 Å². The zero-order valence-electron chi connectivity index (χ0n) is 8.78. The van der Waals surface area contributed by atoms with Gasteiger partial charge in [0.1, 0.15) is 0 Å². The molecule has 0 aromatic heterocycles. The van der Waals surface area contributed by atoms with Crippen molar-refractivity contribution in [2.75, 3.05) is 0 Å². The molecule has 0 amide bonds. The number of benzene rings is 1. The van der Waals surface area contributed by atoms with Crippen LogP contribution in [0.5, 0.6) is 0 Å². The maximum atomic E-state index is 13.2. The number of hydrogen-bond donors (Lipinski definition) is 0. The summed E-state index contributed by atoms with van der Waals surface area (Å²) in [5.74, 6) is -0.783. The monoisotopic (exact) mass is 229 g/mol. The lowest BCUT2D eigenvalue weighted by atomic mass is 10.3. The topological polar surface area (TPSA) is 43.1 Å². The lowest BCUT2D eigenvalue weighted by molar-refractivity contribution is -0.390. The molecule has 0 N–H and O–H groups in total. The lowest BCUT2D eigenvalue weighted by Crippen LogP contribution is -2.08. The third-order valence-electron chi connectivity index (χ3n) is 1.55. The molecule has 0 aliphatic rings. The first kappa shape index (κ1) is 12.0. The molecule has 1 aromatic rings. The fourth-order valence-corrected chi connectivity index (χ4v) is 2.16. The first-order chi connectivity index (χ1) is 6.81. The van der Waals surface area contributed by atoms with Crippen molar-refractivity contribution in [1.29, 1.82) is 0 Å². The van der Waals surface area contributed by atoms with Gasteiger partial charge in [-0.05, 0) is 12.1 Å². The Morgan fingerprint density at radius 3 is 2.47 bits per heavy atom. The standard InChI is InChI=1S/C10H12FNO2S/c1-10(2,3)15-8-6-4-5-7(11)9(8)12(13)14/h4-6H,1-3H3. The van der Waals surface area contributed by atoms with Crippen LogP contribution in [0.15, 0.2) is 23.1 Å². The molecule has 0 heterocycles. The summed E-state index contributed by atoms with van der Waals surface area (Å²) in [6, 6.07) is 4.15. The highest BCUT2D eigenvalue weighted by molar-refractivity contribution is 8.00. The molecule has 0 spiro atoms. The molecule has 0 bridgehead atoms. The zero-order chi connectivity index (χ0) is 11.6. The summed E-state index contributed by atoms with van der Waals surface area (Å²) in [5.41, 5.74) is -0.433. The Morgan fingerprint density at radius 1 is 1.40 bits per heavy atom. The van der Waals surface area contributed by atoms with Crippen LogP contribution in [0, 0.1) is 15.9 Å². The molecule has 0 fully saturated rings. The van der Waals surface area contributed by atoms with E-state index in [0.717, 1.165) is 6.07 Å². The smallest absolute Gasteiger partial charge is 0.258 e. The van der Waals surface area contributed by atoms with E-state index in [1.165, 1.54) is 17.8 Å². The molecule has 0 aliphatic heterocycles. The molecule has 3 nitrogen and oxygen atoms in total. The van der Waals surface area contributed by atoms with Gasteiger partial charge in [-0.2, -0.15) is 4.39 Å². The van der Waals surface area contributed by atoms with E-state index >= 15 is 0 Å². The van der Waals surface area contributed by atoms with Crippen LogP contribution >= 0.6 is 11.8 Å². The summed E-state index contributed by atoms with van der Waals surface area (Å²) >= 11 is 1.29. The van der Waals surface area contributed by atoms with Crippen molar-refractivity contribution >= 4 is 17.4 Å². The van der Waals surface area contributed by atoms with Gasteiger partial charge in [-0.15, -0.1) is 11.8 Å². The van der Waals surface area contributed by atoms with Crippen molar-refractivity contribution in [3.8, 4) is 0 Å². The first-order valence-corrected chi connectivity index (χ1v) is 5.25. The highest BCUT2D eigenvalue weighted by atomic mass is 32.2. The maximum absolute atomic E-state index is 13.2. The van der Waals surface area contributed by atoms with E-state index in [9.17, 15) is 14.5 Å². The van der Waals surface area contributed by atoms with Crippen LogP contribution < -0.4 is 0 Å². The normalized spacial score (nSPS) is 11.5. The average Bonchev–Trinajstić information content (AvgIpc) is 1.99. The van der Waals surface area contributed by atoms with Gasteiger partial charge in [-0.25, -0.2) is 0 Å². The Labute approximate surface area is 91.8 Å². The number of hydrogen-bond acceptors (Lipinski definition) is 3. The van der Waals surface area contributed by atoms with Crippen molar-refractivity contribution in [2.45, 2.75) is 30.4 Å². The third-order valence-corrected chi connectivity index (χ3v) is 2.71. The summed E-state index contributed by atoms with van der Waals surface area (Å²) in [7, 11) is 0. The lowest BCUT2D eigenvalue weighted by Gasteiger charge is -2.17. The minimum atomic E-state index is -0.783. The molecule has 0 radical (unpaired) electrons. The van der Waals surface area contributed by atoms with Crippen LogP contribution in [-0.4, -0.2) is 9.67 Å². The quantitative estimate of drug-likeness (QED) is 0.442. The molecule has 15 heavy (non-hydrogen) atoms. The third kappa shape index (κ3) is 3.20. The van der Waals surface area contributed by atoms with E-state index in [1.807, 2.05) is 20.8 Å². The Bertz CT molecular complexity index is 387. The maximum Gasteiger partial charge on any atom is 0.318 e. The van der Waals surface area contributed by atoms with E-state index in [-0.39, 0.29) is 4.75 Å². The van der Waals surface area contributed by atoms with Crippen molar-refractivity contribution in [1.82, 2.24) is 0 Å². The van der Waals surface area contributed by atoms with Crippen LogP contribution in [-0.2, 0) is 0 Å². The molecule has 1 aromatic carbocycles. The first-order valence-electron chi connectivity index (χ1n) is 4.43. The van der Waals surface area contributed by atoms with E-state index < -0.39 is 16.4 Å². The molecule has 0 saturated heterocycles. The van der Waals surface area contributed by atoms with Gasteiger partial charge >= 0.3 is 5.69 Å². The van der Waals surface area contributed by atoms with Crippen LogP contribution in [0.25, 0.3) is 0 Å². The van der Waals surface area contributed by atoms with Crippen LogP contribution in [0.1, 0.15) is 20.8 Å². The number of halogens is 1. The molecular formula is C10H12FNO2S. The average molecular weight is 229 g/mol. The van der Waals surface area contributed by atoms with Crippen molar-refractivity contribution in [3.05, 3.63) is 34.1 Å². The van der Waals surface area contributed by atoms with Crippen LogP contribution in [0.2, 0.25) is 0 Å². The molecule has 0 unspecified atom stereocenters. The fourth-order valence-electron chi connectivity index (χ4n) is 1.08. The highest BCUT2D eigenvalue weighted by Gasteiger charge is 2.24. The van der Waals surface area contributed by atoms with Gasteiger partial charge in [-0.1, -0.05) is 26.8 Å². The molecule has 5 heteroatoms. The van der Waals surface area contributed by atoms with Gasteiger partial charge in [0.2, 0.25) is 5.82 Å². The zero-order valence-corrected chi connectivity index (χ0v) is 9.60. The predicted molar refractivity (Wildman–Crippen MR) is 58.7 cm³/mol. The SMILES string of the molecule is CC(C)(C)Sc1cccc(F)c1[N+](=O)[O-]. The van der Waals surface area contributed by atoms with Gasteiger partial charge in [-0.3, -0.25) is 10.1 Å². The number of para-hydroxylation sites is 1. The van der Waals surface area contributed by atoms with Gasteiger partial charge in [0.05, 0.1) is 9.82 Å². The second-order valence-electron chi connectivity index (χ2n) is 4.06. The Kier molecular flexibility index (Phi) is 3.34. The largest absolute Gasteiger partial charge is 0.318 e. The van der Waals surface area contributed by atoms with Gasteiger partial charge in [0, 0.05) is 4.75 Å². The second kappa shape index (κ2) is 4.18. The summed E-state index contributed by atoms with van der Waals surface area (Å²) in [5, 5.41) is 10.7. The number of thioether (sulfide) groups is 1. The number of nitro groups is 1. The van der Waals surface area contributed by atoms with Crippen molar-refractivity contribution < 1.29 is 9.31 Å². The molecule has 0 saturated carbocycles. The van der Waals surface area contributed by atoms with Gasteiger partial charge in [0.25, 0.3) is 0 Å².